The van der Waals surface area contributed by atoms with Crippen LogP contribution in [-0.2, 0) is 26.2 Å². The topological polar surface area (TPSA) is 86.8 Å². The predicted octanol–water partition coefficient (Wildman–Crippen LogP) is 5.66. The first kappa shape index (κ1) is 29.9. The molecule has 1 N–H and O–H groups in total. The lowest BCUT2D eigenvalue weighted by Gasteiger charge is -2.32. The van der Waals surface area contributed by atoms with Crippen molar-refractivity contribution in [3.63, 3.8) is 0 Å². The number of hydrogen-bond donors (Lipinski definition) is 1. The highest BCUT2D eigenvalue weighted by atomic mass is 79.9. The molecule has 0 aliphatic rings. The summed E-state index contributed by atoms with van der Waals surface area (Å²) in [4.78, 5) is 28.2. The zero-order valence-electron chi connectivity index (χ0n) is 21.5. The van der Waals surface area contributed by atoms with E-state index in [0.29, 0.717) is 16.7 Å². The van der Waals surface area contributed by atoms with Crippen LogP contribution in [0, 0.1) is 6.92 Å². The van der Waals surface area contributed by atoms with Gasteiger partial charge in [-0.05, 0) is 68.3 Å². The van der Waals surface area contributed by atoms with Crippen LogP contribution in [-0.4, -0.2) is 44.3 Å². The van der Waals surface area contributed by atoms with Crippen molar-refractivity contribution in [3.05, 3.63) is 92.9 Å². The molecule has 0 saturated carbocycles. The molecule has 38 heavy (non-hydrogen) atoms. The summed E-state index contributed by atoms with van der Waals surface area (Å²) >= 11 is 6.81. The molecule has 7 nitrogen and oxygen atoms in total. The van der Waals surface area contributed by atoms with E-state index in [9.17, 15) is 18.0 Å². The van der Waals surface area contributed by atoms with Crippen molar-refractivity contribution in [1.82, 2.24) is 10.2 Å². The monoisotopic (exact) mass is 663 g/mol. The lowest BCUT2D eigenvalue weighted by molar-refractivity contribution is -0.139. The quantitative estimate of drug-likeness (QED) is 0.287. The van der Waals surface area contributed by atoms with Crippen LogP contribution < -0.4 is 9.62 Å². The van der Waals surface area contributed by atoms with Crippen LogP contribution in [0.4, 0.5) is 5.69 Å². The molecule has 0 aromatic heterocycles. The third kappa shape index (κ3) is 7.68. The number of carbonyl (C=O) groups is 2. The van der Waals surface area contributed by atoms with Crippen molar-refractivity contribution >= 4 is 59.4 Å². The molecular formula is C28H31Br2N3O4S. The molecule has 3 rings (SSSR count). The number of benzene rings is 3. The number of nitrogens with one attached hydrogen (secondary N) is 1. The maximum atomic E-state index is 13.9. The second kappa shape index (κ2) is 13.4. The minimum absolute atomic E-state index is 0.0732. The molecule has 0 fully saturated rings. The maximum Gasteiger partial charge on any atom is 0.264 e. The summed E-state index contributed by atoms with van der Waals surface area (Å²) < 4.78 is 30.3. The van der Waals surface area contributed by atoms with E-state index in [0.717, 1.165) is 26.3 Å². The maximum absolute atomic E-state index is 13.9. The normalized spacial score (nSPS) is 12.0. The molecule has 0 heterocycles. The summed E-state index contributed by atoms with van der Waals surface area (Å²) in [6, 6.07) is 19.9. The molecule has 3 aromatic carbocycles. The van der Waals surface area contributed by atoms with Crippen molar-refractivity contribution in [3.8, 4) is 0 Å². The number of hydrogen-bond acceptors (Lipinski definition) is 4. The van der Waals surface area contributed by atoms with E-state index in [1.165, 1.54) is 17.0 Å². The summed E-state index contributed by atoms with van der Waals surface area (Å²) in [6.07, 6.45) is 0.755. The lowest BCUT2D eigenvalue weighted by Crippen LogP contribution is -2.51. The largest absolute Gasteiger partial charge is 0.354 e. The zero-order chi connectivity index (χ0) is 27.9. The molecule has 0 aliphatic carbocycles. The Kier molecular flexibility index (Phi) is 10.5. The van der Waals surface area contributed by atoms with Crippen LogP contribution in [0.1, 0.15) is 31.4 Å². The Morgan fingerprint density at radius 1 is 0.947 bits per heavy atom. The highest BCUT2D eigenvalue weighted by molar-refractivity contribution is 9.10. The van der Waals surface area contributed by atoms with Gasteiger partial charge >= 0.3 is 0 Å². The van der Waals surface area contributed by atoms with Gasteiger partial charge in [0.1, 0.15) is 12.6 Å². The van der Waals surface area contributed by atoms with Gasteiger partial charge in [0.2, 0.25) is 11.8 Å². The summed E-state index contributed by atoms with van der Waals surface area (Å²) in [6.45, 7) is 5.62. The molecule has 0 saturated heterocycles. The molecule has 3 aromatic rings. The van der Waals surface area contributed by atoms with Crippen LogP contribution in [0.15, 0.2) is 86.6 Å². The molecule has 0 aliphatic heterocycles. The molecule has 0 bridgehead atoms. The first-order valence-electron chi connectivity index (χ1n) is 12.2. The number of amides is 2. The minimum Gasteiger partial charge on any atom is -0.354 e. The molecule has 202 valence electrons. The van der Waals surface area contributed by atoms with Gasteiger partial charge in [0, 0.05) is 22.0 Å². The average molecular weight is 665 g/mol. The van der Waals surface area contributed by atoms with Gasteiger partial charge in [-0.1, -0.05) is 74.7 Å². The first-order chi connectivity index (χ1) is 18.0. The first-order valence-corrected chi connectivity index (χ1v) is 15.2. The fourth-order valence-electron chi connectivity index (χ4n) is 3.76. The predicted molar refractivity (Wildman–Crippen MR) is 157 cm³/mol. The van der Waals surface area contributed by atoms with Crippen molar-refractivity contribution < 1.29 is 18.0 Å². The number of nitrogens with zero attached hydrogens (tertiary/aromatic N) is 2. The second-order valence-corrected chi connectivity index (χ2v) is 12.6. The number of halogens is 2. The second-order valence-electron chi connectivity index (χ2n) is 8.92. The molecule has 0 unspecified atom stereocenters. The Morgan fingerprint density at radius 2 is 1.61 bits per heavy atom. The summed E-state index contributed by atoms with van der Waals surface area (Å²) in [5.74, 6) is -0.796. The smallest absolute Gasteiger partial charge is 0.264 e. The Bertz CT molecular complexity index is 1360. The third-order valence-corrected chi connectivity index (χ3v) is 8.78. The van der Waals surface area contributed by atoms with Gasteiger partial charge in [0.05, 0.1) is 10.6 Å². The summed E-state index contributed by atoms with van der Waals surface area (Å²) in [7, 11) is -4.10. The van der Waals surface area contributed by atoms with E-state index in [1.807, 2.05) is 38.1 Å². The van der Waals surface area contributed by atoms with E-state index in [-0.39, 0.29) is 17.3 Å². The molecule has 1 atom stereocenters. The van der Waals surface area contributed by atoms with Gasteiger partial charge in [-0.15, -0.1) is 0 Å². The Hall–Kier alpha value is -2.69. The highest BCUT2D eigenvalue weighted by Gasteiger charge is 2.32. The van der Waals surface area contributed by atoms with Gasteiger partial charge in [0.25, 0.3) is 10.0 Å². The van der Waals surface area contributed by atoms with Crippen molar-refractivity contribution in [2.75, 3.05) is 17.4 Å². The number of anilines is 1. The number of aryl methyl sites for hydroxylation is 1. The van der Waals surface area contributed by atoms with E-state index in [1.54, 1.807) is 43.3 Å². The fraction of sp³-hybridized carbons (Fsp3) is 0.286. The summed E-state index contributed by atoms with van der Waals surface area (Å²) in [5, 5.41) is 2.84. The Balaban J connectivity index is 2.01. The van der Waals surface area contributed by atoms with Crippen LogP contribution in [0.5, 0.6) is 0 Å². The molecular weight excluding hydrogens is 634 g/mol. The SMILES string of the molecule is CCCNC(=O)[C@H](C)N(Cc1ccc(Br)cc1)C(=O)CN(c1cccc(Br)c1)S(=O)(=O)c1ccc(C)cc1. The highest BCUT2D eigenvalue weighted by Crippen LogP contribution is 2.27. The van der Waals surface area contributed by atoms with Crippen LogP contribution in [0.25, 0.3) is 0 Å². The fourth-order valence-corrected chi connectivity index (χ4v) is 5.82. The van der Waals surface area contributed by atoms with E-state index >= 15 is 0 Å². The van der Waals surface area contributed by atoms with Gasteiger partial charge < -0.3 is 10.2 Å². The Labute approximate surface area is 241 Å². The van der Waals surface area contributed by atoms with E-state index in [2.05, 4.69) is 37.2 Å². The zero-order valence-corrected chi connectivity index (χ0v) is 25.5. The van der Waals surface area contributed by atoms with E-state index in [4.69, 9.17) is 0 Å². The van der Waals surface area contributed by atoms with E-state index < -0.39 is 28.5 Å². The number of sulfonamides is 1. The molecule has 0 spiro atoms. The van der Waals surface area contributed by atoms with Gasteiger partial charge in [-0.3, -0.25) is 13.9 Å². The standard InChI is InChI=1S/C28H31Br2N3O4S/c1-4-16-31-28(35)21(3)32(18-22-10-12-23(29)13-11-22)27(34)19-33(25-7-5-6-24(30)17-25)38(36,37)26-14-8-20(2)9-15-26/h5-15,17,21H,4,16,18-19H2,1-3H3,(H,31,35)/t21-/m0/s1. The average Bonchev–Trinajstić information content (AvgIpc) is 2.89. The molecule has 10 heteroatoms. The number of rotatable bonds is 11. The third-order valence-electron chi connectivity index (χ3n) is 5.97. The van der Waals surface area contributed by atoms with Crippen LogP contribution >= 0.6 is 31.9 Å². The van der Waals surface area contributed by atoms with Crippen molar-refractivity contribution in [2.24, 2.45) is 0 Å². The minimum atomic E-state index is -4.10. The molecule has 0 radical (unpaired) electrons. The van der Waals surface area contributed by atoms with Gasteiger partial charge in [-0.2, -0.15) is 0 Å². The summed E-state index contributed by atoms with van der Waals surface area (Å²) in [5.41, 5.74) is 2.06. The lowest BCUT2D eigenvalue weighted by atomic mass is 10.1. The molecule has 2 amide bonds. The number of carbonyl (C=O) groups excluding carboxylic acids is 2. The van der Waals surface area contributed by atoms with Crippen molar-refractivity contribution in [1.29, 1.82) is 0 Å². The van der Waals surface area contributed by atoms with Gasteiger partial charge in [0.15, 0.2) is 0 Å². The van der Waals surface area contributed by atoms with Crippen LogP contribution in [0.3, 0.4) is 0 Å². The van der Waals surface area contributed by atoms with Crippen LogP contribution in [0.2, 0.25) is 0 Å². The van der Waals surface area contributed by atoms with Crippen molar-refractivity contribution in [2.45, 2.75) is 44.7 Å². The Morgan fingerprint density at radius 3 is 2.21 bits per heavy atom. The van der Waals surface area contributed by atoms with Gasteiger partial charge in [-0.25, -0.2) is 8.42 Å².